The SMILES string of the molecule is CC(C)(C)CCNC(=O)NCCCCCCC(=O)O. The van der Waals surface area contributed by atoms with E-state index in [0.717, 1.165) is 25.7 Å². The lowest BCUT2D eigenvalue weighted by molar-refractivity contribution is -0.137. The molecule has 3 N–H and O–H groups in total. The van der Waals surface area contributed by atoms with Crippen LogP contribution in [0.4, 0.5) is 4.79 Å². The van der Waals surface area contributed by atoms with Crippen molar-refractivity contribution in [2.75, 3.05) is 13.1 Å². The molecule has 0 fully saturated rings. The summed E-state index contributed by atoms with van der Waals surface area (Å²) in [5.74, 6) is -0.739. The topological polar surface area (TPSA) is 78.4 Å². The molecule has 0 aromatic rings. The summed E-state index contributed by atoms with van der Waals surface area (Å²) >= 11 is 0. The van der Waals surface area contributed by atoms with Gasteiger partial charge in [0.05, 0.1) is 0 Å². The van der Waals surface area contributed by atoms with Crippen LogP contribution in [0.2, 0.25) is 0 Å². The Morgan fingerprint density at radius 3 is 2.11 bits per heavy atom. The van der Waals surface area contributed by atoms with Crippen LogP contribution in [-0.2, 0) is 4.79 Å². The van der Waals surface area contributed by atoms with Gasteiger partial charge in [-0.05, 0) is 24.7 Å². The number of hydrogen-bond donors (Lipinski definition) is 3. The van der Waals surface area contributed by atoms with Crippen molar-refractivity contribution >= 4 is 12.0 Å². The van der Waals surface area contributed by atoms with Crippen LogP contribution in [0.25, 0.3) is 0 Å². The smallest absolute Gasteiger partial charge is 0.314 e. The third-order valence-corrected chi connectivity index (χ3v) is 2.76. The predicted molar refractivity (Wildman–Crippen MR) is 76.2 cm³/mol. The normalized spacial score (nSPS) is 11.1. The highest BCUT2D eigenvalue weighted by atomic mass is 16.4. The molecule has 0 bridgehead atoms. The lowest BCUT2D eigenvalue weighted by Gasteiger charge is -2.18. The van der Waals surface area contributed by atoms with Gasteiger partial charge >= 0.3 is 12.0 Å². The average Bonchev–Trinajstić information content (AvgIpc) is 2.25. The summed E-state index contributed by atoms with van der Waals surface area (Å²) < 4.78 is 0. The second-order valence-corrected chi connectivity index (χ2v) is 6.05. The van der Waals surface area contributed by atoms with Crippen LogP contribution in [0.15, 0.2) is 0 Å². The van der Waals surface area contributed by atoms with Crippen molar-refractivity contribution in [3.05, 3.63) is 0 Å². The molecule has 5 heteroatoms. The van der Waals surface area contributed by atoms with Gasteiger partial charge in [-0.1, -0.05) is 33.6 Å². The maximum atomic E-state index is 11.4. The first-order valence-corrected chi connectivity index (χ1v) is 7.05. The number of carboxylic acid groups (broad SMARTS) is 1. The van der Waals surface area contributed by atoms with Gasteiger partial charge in [-0.25, -0.2) is 4.79 Å². The molecule has 5 nitrogen and oxygen atoms in total. The first kappa shape index (κ1) is 17.7. The lowest BCUT2D eigenvalue weighted by Crippen LogP contribution is -2.37. The van der Waals surface area contributed by atoms with Gasteiger partial charge in [0, 0.05) is 19.5 Å². The molecule has 2 amide bonds. The van der Waals surface area contributed by atoms with Crippen molar-refractivity contribution in [3.8, 4) is 0 Å². The van der Waals surface area contributed by atoms with E-state index >= 15 is 0 Å². The van der Waals surface area contributed by atoms with Gasteiger partial charge in [0.2, 0.25) is 0 Å². The maximum Gasteiger partial charge on any atom is 0.314 e. The van der Waals surface area contributed by atoms with Gasteiger partial charge in [-0.15, -0.1) is 0 Å². The molecule has 112 valence electrons. The fourth-order valence-electron chi connectivity index (χ4n) is 1.57. The van der Waals surface area contributed by atoms with Gasteiger partial charge < -0.3 is 15.7 Å². The zero-order valence-electron chi connectivity index (χ0n) is 12.4. The molecule has 0 rings (SSSR count). The number of carboxylic acids is 1. The third kappa shape index (κ3) is 14.7. The molecule has 0 aliphatic rings. The van der Waals surface area contributed by atoms with Crippen molar-refractivity contribution in [1.82, 2.24) is 10.6 Å². The zero-order valence-corrected chi connectivity index (χ0v) is 12.4. The average molecular weight is 272 g/mol. The highest BCUT2D eigenvalue weighted by Crippen LogP contribution is 2.16. The summed E-state index contributed by atoms with van der Waals surface area (Å²) in [4.78, 5) is 21.7. The monoisotopic (exact) mass is 272 g/mol. The molecule has 0 atom stereocenters. The summed E-state index contributed by atoms with van der Waals surface area (Å²) in [6, 6.07) is -0.116. The van der Waals surface area contributed by atoms with Crippen molar-refractivity contribution in [2.24, 2.45) is 5.41 Å². The zero-order chi connectivity index (χ0) is 14.7. The first-order chi connectivity index (χ1) is 8.81. The van der Waals surface area contributed by atoms with Crippen molar-refractivity contribution < 1.29 is 14.7 Å². The van der Waals surface area contributed by atoms with Crippen LogP contribution in [-0.4, -0.2) is 30.2 Å². The van der Waals surface area contributed by atoms with Crippen LogP contribution in [0.5, 0.6) is 0 Å². The summed E-state index contributed by atoms with van der Waals surface area (Å²) in [5, 5.41) is 14.1. The number of nitrogens with one attached hydrogen (secondary N) is 2. The van der Waals surface area contributed by atoms with E-state index in [1.807, 2.05) is 0 Å². The number of hydrogen-bond acceptors (Lipinski definition) is 2. The molecular weight excluding hydrogens is 244 g/mol. The Labute approximate surface area is 116 Å². The summed E-state index contributed by atoms with van der Waals surface area (Å²) in [5.41, 5.74) is 0.234. The van der Waals surface area contributed by atoms with Gasteiger partial charge in [-0.2, -0.15) is 0 Å². The van der Waals surface area contributed by atoms with Gasteiger partial charge in [0.15, 0.2) is 0 Å². The van der Waals surface area contributed by atoms with Crippen LogP contribution >= 0.6 is 0 Å². The minimum atomic E-state index is -0.739. The maximum absolute atomic E-state index is 11.4. The highest BCUT2D eigenvalue weighted by molar-refractivity contribution is 5.73. The Balaban J connectivity index is 3.32. The van der Waals surface area contributed by atoms with E-state index in [1.165, 1.54) is 0 Å². The molecule has 19 heavy (non-hydrogen) atoms. The van der Waals surface area contributed by atoms with Gasteiger partial charge in [-0.3, -0.25) is 4.79 Å². The van der Waals surface area contributed by atoms with E-state index in [-0.39, 0.29) is 17.9 Å². The van der Waals surface area contributed by atoms with E-state index in [1.54, 1.807) is 0 Å². The molecule has 0 heterocycles. The molecule has 0 saturated carbocycles. The minimum Gasteiger partial charge on any atom is -0.481 e. The van der Waals surface area contributed by atoms with E-state index < -0.39 is 5.97 Å². The fraction of sp³-hybridized carbons (Fsp3) is 0.857. The Bertz CT molecular complexity index is 272. The van der Waals surface area contributed by atoms with E-state index in [9.17, 15) is 9.59 Å². The summed E-state index contributed by atoms with van der Waals surface area (Å²) in [6.45, 7) is 7.76. The third-order valence-electron chi connectivity index (χ3n) is 2.76. The van der Waals surface area contributed by atoms with Gasteiger partial charge in [0.25, 0.3) is 0 Å². The van der Waals surface area contributed by atoms with Crippen LogP contribution in [0, 0.1) is 5.41 Å². The summed E-state index contributed by atoms with van der Waals surface area (Å²) in [7, 11) is 0. The van der Waals surface area contributed by atoms with E-state index in [4.69, 9.17) is 5.11 Å². The number of carbonyl (C=O) groups is 2. The van der Waals surface area contributed by atoms with Crippen LogP contribution in [0.1, 0.15) is 59.3 Å². The quantitative estimate of drug-likeness (QED) is 0.565. The number of unbranched alkanes of at least 4 members (excludes halogenated alkanes) is 3. The molecule has 0 aromatic carbocycles. The predicted octanol–water partition coefficient (Wildman–Crippen LogP) is 2.76. The minimum absolute atomic E-state index is 0.116. The van der Waals surface area contributed by atoms with Crippen LogP contribution < -0.4 is 10.6 Å². The number of amides is 2. The lowest BCUT2D eigenvalue weighted by atomic mass is 9.92. The Hall–Kier alpha value is -1.26. The molecule has 0 spiro atoms. The second-order valence-electron chi connectivity index (χ2n) is 6.05. The van der Waals surface area contributed by atoms with Gasteiger partial charge in [0.1, 0.15) is 0 Å². The number of urea groups is 1. The van der Waals surface area contributed by atoms with Crippen LogP contribution in [0.3, 0.4) is 0 Å². The molecule has 0 aromatic heterocycles. The van der Waals surface area contributed by atoms with Crippen molar-refractivity contribution in [2.45, 2.75) is 59.3 Å². The number of carbonyl (C=O) groups excluding carboxylic acids is 1. The standard InChI is InChI=1S/C14H28N2O3/c1-14(2,3)9-11-16-13(19)15-10-7-5-4-6-8-12(17)18/h4-11H2,1-3H3,(H,17,18)(H2,15,16,19). The number of rotatable bonds is 9. The molecule has 0 saturated heterocycles. The van der Waals surface area contributed by atoms with E-state index in [0.29, 0.717) is 19.5 Å². The van der Waals surface area contributed by atoms with Crippen molar-refractivity contribution in [3.63, 3.8) is 0 Å². The van der Waals surface area contributed by atoms with E-state index in [2.05, 4.69) is 31.4 Å². The molecule has 0 aliphatic heterocycles. The van der Waals surface area contributed by atoms with Crippen molar-refractivity contribution in [1.29, 1.82) is 0 Å². The largest absolute Gasteiger partial charge is 0.481 e. The fourth-order valence-corrected chi connectivity index (χ4v) is 1.57. The Morgan fingerprint density at radius 1 is 0.947 bits per heavy atom. The second kappa shape index (κ2) is 9.64. The Morgan fingerprint density at radius 2 is 1.53 bits per heavy atom. The molecule has 0 radical (unpaired) electrons. The molecule has 0 unspecified atom stereocenters. The first-order valence-electron chi connectivity index (χ1n) is 7.05. The molecule has 0 aliphatic carbocycles. The number of aliphatic carboxylic acids is 1. The molecular formula is C14H28N2O3. The summed E-state index contributed by atoms with van der Waals surface area (Å²) in [6.07, 6.45) is 4.66. The highest BCUT2D eigenvalue weighted by Gasteiger charge is 2.09. The Kier molecular flexibility index (Phi) is 9.00.